The van der Waals surface area contributed by atoms with Crippen molar-refractivity contribution in [2.45, 2.75) is 6.61 Å². The monoisotopic (exact) mass is 587 g/mol. The predicted octanol–water partition coefficient (Wildman–Crippen LogP) is 5.36. The fraction of sp³-hybridized carbons (Fsp3) is 0.115. The molecule has 0 atom stereocenters. The first-order chi connectivity index (χ1) is 17.7. The molecule has 4 rings (SSSR count). The van der Waals surface area contributed by atoms with E-state index in [1.807, 2.05) is 24.3 Å². The van der Waals surface area contributed by atoms with Crippen LogP contribution in [0.4, 0.5) is 14.9 Å². The lowest BCUT2D eigenvalue weighted by molar-refractivity contribution is -0.127. The maximum atomic E-state index is 13.8. The number of rotatable bonds is 8. The number of nitrogens with one attached hydrogen (secondary N) is 2. The van der Waals surface area contributed by atoms with Crippen LogP contribution in [0.25, 0.3) is 6.08 Å². The van der Waals surface area contributed by atoms with E-state index in [-0.39, 0.29) is 23.0 Å². The second-order valence-electron chi connectivity index (χ2n) is 7.86. The number of nitrogens with zero attached hydrogens (tertiary/aromatic N) is 1. The minimum atomic E-state index is -0.785. The van der Waals surface area contributed by atoms with Crippen LogP contribution in [0.3, 0.4) is 0 Å². The molecule has 0 unspecified atom stereocenters. The number of methoxy groups -OCH3 is 1. The number of benzene rings is 3. The fourth-order valence-electron chi connectivity index (χ4n) is 3.48. The van der Waals surface area contributed by atoms with E-state index in [1.54, 1.807) is 18.2 Å². The predicted molar refractivity (Wildman–Crippen MR) is 140 cm³/mol. The Kier molecular flexibility index (Phi) is 8.10. The van der Waals surface area contributed by atoms with E-state index in [2.05, 4.69) is 26.6 Å². The van der Waals surface area contributed by atoms with Gasteiger partial charge >= 0.3 is 6.03 Å². The van der Waals surface area contributed by atoms with E-state index < -0.39 is 30.2 Å². The molecule has 11 heteroatoms. The Morgan fingerprint density at radius 3 is 2.59 bits per heavy atom. The molecule has 1 fully saturated rings. The molecule has 4 amide bonds. The van der Waals surface area contributed by atoms with Gasteiger partial charge in [-0.25, -0.2) is 14.1 Å². The molecule has 37 heavy (non-hydrogen) atoms. The van der Waals surface area contributed by atoms with Crippen LogP contribution in [0.2, 0.25) is 5.02 Å². The van der Waals surface area contributed by atoms with Crippen molar-refractivity contribution >= 4 is 57.1 Å². The normalized spacial score (nSPS) is 14.1. The van der Waals surface area contributed by atoms with Crippen LogP contribution in [0.1, 0.15) is 11.1 Å². The minimum absolute atomic E-state index is 0.0560. The molecule has 0 radical (unpaired) electrons. The number of urea groups is 1. The van der Waals surface area contributed by atoms with E-state index >= 15 is 0 Å². The van der Waals surface area contributed by atoms with Crippen LogP contribution >= 0.6 is 27.5 Å². The van der Waals surface area contributed by atoms with Gasteiger partial charge in [-0.2, -0.15) is 0 Å². The van der Waals surface area contributed by atoms with E-state index in [9.17, 15) is 18.8 Å². The molecule has 1 saturated heterocycles. The first-order valence-electron chi connectivity index (χ1n) is 10.9. The highest BCUT2D eigenvalue weighted by Gasteiger charge is 2.35. The van der Waals surface area contributed by atoms with Gasteiger partial charge in [-0.05, 0) is 53.6 Å². The summed E-state index contributed by atoms with van der Waals surface area (Å²) in [7, 11) is 1.45. The van der Waals surface area contributed by atoms with Crippen LogP contribution in [0.5, 0.6) is 11.5 Å². The van der Waals surface area contributed by atoms with Gasteiger partial charge in [-0.15, -0.1) is 0 Å². The lowest BCUT2D eigenvalue weighted by Crippen LogP contribution is -2.38. The van der Waals surface area contributed by atoms with Crippen LogP contribution in [-0.4, -0.2) is 36.4 Å². The molecule has 0 aliphatic carbocycles. The molecule has 8 nitrogen and oxygen atoms in total. The third kappa shape index (κ3) is 6.28. The molecule has 0 saturated carbocycles. The maximum absolute atomic E-state index is 13.8. The van der Waals surface area contributed by atoms with Crippen molar-refractivity contribution < 1.29 is 28.2 Å². The van der Waals surface area contributed by atoms with Gasteiger partial charge in [0.05, 0.1) is 17.8 Å². The summed E-state index contributed by atoms with van der Waals surface area (Å²) in [5.74, 6) is -1.44. The molecule has 2 N–H and O–H groups in total. The van der Waals surface area contributed by atoms with Gasteiger partial charge in [0.1, 0.15) is 24.7 Å². The summed E-state index contributed by atoms with van der Waals surface area (Å²) in [5, 5.41) is 5.01. The summed E-state index contributed by atoms with van der Waals surface area (Å²) >= 11 is 9.82. The average Bonchev–Trinajstić information content (AvgIpc) is 3.12. The molecule has 190 valence electrons. The van der Waals surface area contributed by atoms with E-state index in [0.29, 0.717) is 17.1 Å². The minimum Gasteiger partial charge on any atom is -0.493 e. The van der Waals surface area contributed by atoms with Crippen molar-refractivity contribution in [3.63, 3.8) is 0 Å². The van der Waals surface area contributed by atoms with Crippen LogP contribution in [-0.2, 0) is 16.2 Å². The summed E-state index contributed by atoms with van der Waals surface area (Å²) in [4.78, 5) is 38.2. The number of ether oxygens (including phenoxy) is 2. The first kappa shape index (κ1) is 26.2. The maximum Gasteiger partial charge on any atom is 0.329 e. The van der Waals surface area contributed by atoms with Gasteiger partial charge in [-0.1, -0.05) is 51.8 Å². The first-order valence-corrected chi connectivity index (χ1v) is 12.1. The summed E-state index contributed by atoms with van der Waals surface area (Å²) < 4.78 is 26.0. The van der Waals surface area contributed by atoms with Gasteiger partial charge < -0.3 is 20.1 Å². The Morgan fingerprint density at radius 1 is 1.16 bits per heavy atom. The molecule has 0 spiro atoms. The number of carbonyl (C=O) groups excluding carboxylic acids is 3. The SMILES string of the molecule is COc1cc(/C=C2/NC(=O)N(CC(=O)Nc3ccccc3F)C2=O)cc(Cl)c1OCc1ccc(Br)cc1. The molecule has 1 aliphatic rings. The van der Waals surface area contributed by atoms with Gasteiger partial charge in [0.25, 0.3) is 5.91 Å². The number of hydrogen-bond donors (Lipinski definition) is 2. The highest BCUT2D eigenvalue weighted by Crippen LogP contribution is 2.37. The standard InChI is InChI=1S/C26H20BrClFN3O5/c1-36-22-12-16(10-18(28)24(22)37-14-15-6-8-17(27)9-7-15)11-21-25(34)32(26(35)31-21)13-23(33)30-20-5-3-2-4-19(20)29/h2-12H,13-14H2,1H3,(H,30,33)(H,31,35)/b21-11+. The molecule has 3 aromatic rings. The molecule has 1 heterocycles. The summed E-state index contributed by atoms with van der Waals surface area (Å²) in [6.45, 7) is -0.342. The van der Waals surface area contributed by atoms with Gasteiger partial charge in [0, 0.05) is 4.47 Å². The highest BCUT2D eigenvalue weighted by molar-refractivity contribution is 9.10. The summed E-state index contributed by atoms with van der Waals surface area (Å²) in [5.41, 5.74) is 1.26. The van der Waals surface area contributed by atoms with Crippen molar-refractivity contribution in [3.8, 4) is 11.5 Å². The van der Waals surface area contributed by atoms with Crippen LogP contribution in [0.15, 0.2) is 70.8 Å². The number of anilines is 1. The molecular weight excluding hydrogens is 569 g/mol. The topological polar surface area (TPSA) is 97.0 Å². The highest BCUT2D eigenvalue weighted by atomic mass is 79.9. The molecule has 0 aromatic heterocycles. The zero-order valence-corrected chi connectivity index (χ0v) is 21.7. The molecule has 0 bridgehead atoms. The Hall–Kier alpha value is -3.89. The number of para-hydroxylation sites is 1. The lowest BCUT2D eigenvalue weighted by Gasteiger charge is -2.14. The van der Waals surface area contributed by atoms with Crippen molar-refractivity contribution in [3.05, 3.63) is 92.8 Å². The Morgan fingerprint density at radius 2 is 1.89 bits per heavy atom. The zero-order chi connectivity index (χ0) is 26.5. The Labute approximate surface area is 225 Å². The molecular formula is C26H20BrClFN3O5. The van der Waals surface area contributed by atoms with Crippen molar-refractivity contribution in [1.29, 1.82) is 0 Å². The number of halogens is 3. The van der Waals surface area contributed by atoms with Crippen LogP contribution < -0.4 is 20.1 Å². The van der Waals surface area contributed by atoms with Crippen molar-refractivity contribution in [2.75, 3.05) is 19.0 Å². The van der Waals surface area contributed by atoms with E-state index in [1.165, 1.54) is 31.4 Å². The third-order valence-electron chi connectivity index (χ3n) is 5.27. The van der Waals surface area contributed by atoms with Gasteiger partial charge in [0.15, 0.2) is 11.5 Å². The Balaban J connectivity index is 1.47. The van der Waals surface area contributed by atoms with Crippen molar-refractivity contribution in [2.24, 2.45) is 0 Å². The van der Waals surface area contributed by atoms with Gasteiger partial charge in [0.2, 0.25) is 5.91 Å². The number of hydrogen-bond acceptors (Lipinski definition) is 5. The number of carbonyl (C=O) groups is 3. The fourth-order valence-corrected chi connectivity index (χ4v) is 4.02. The van der Waals surface area contributed by atoms with E-state index in [0.717, 1.165) is 14.9 Å². The van der Waals surface area contributed by atoms with Gasteiger partial charge in [-0.3, -0.25) is 9.59 Å². The number of amides is 4. The second-order valence-corrected chi connectivity index (χ2v) is 9.18. The second kappa shape index (κ2) is 11.4. The molecule has 1 aliphatic heterocycles. The summed E-state index contributed by atoms with van der Waals surface area (Å²) in [6.07, 6.45) is 1.40. The Bertz CT molecular complexity index is 1400. The summed E-state index contributed by atoms with van der Waals surface area (Å²) in [6, 6.07) is 15.5. The zero-order valence-electron chi connectivity index (χ0n) is 19.4. The van der Waals surface area contributed by atoms with E-state index in [4.69, 9.17) is 21.1 Å². The van der Waals surface area contributed by atoms with Crippen molar-refractivity contribution in [1.82, 2.24) is 10.2 Å². The number of imide groups is 1. The van der Waals surface area contributed by atoms with Crippen LogP contribution in [0, 0.1) is 5.82 Å². The third-order valence-corrected chi connectivity index (χ3v) is 6.08. The average molecular weight is 589 g/mol. The smallest absolute Gasteiger partial charge is 0.329 e. The molecule has 3 aromatic carbocycles. The quantitative estimate of drug-likeness (QED) is 0.273. The lowest BCUT2D eigenvalue weighted by atomic mass is 10.1. The largest absolute Gasteiger partial charge is 0.493 e.